The van der Waals surface area contributed by atoms with Gasteiger partial charge in [-0.1, -0.05) is 25.7 Å². The monoisotopic (exact) mass is 181 g/mol. The van der Waals surface area contributed by atoms with Crippen LogP contribution in [0.1, 0.15) is 51.4 Å². The predicted octanol–water partition coefficient (Wildman–Crippen LogP) is 2.02. The SMILES string of the molecule is NC1(C2CCCCCC2)CC(=O)C1. The quantitative estimate of drug-likeness (QED) is 0.629. The molecule has 2 fully saturated rings. The molecule has 74 valence electrons. The van der Waals surface area contributed by atoms with Crippen LogP contribution in [0.2, 0.25) is 0 Å². The lowest BCUT2D eigenvalue weighted by Crippen LogP contribution is -2.57. The second kappa shape index (κ2) is 3.41. The Hall–Kier alpha value is -0.370. The average molecular weight is 181 g/mol. The highest BCUT2D eigenvalue weighted by atomic mass is 16.1. The fourth-order valence-corrected chi connectivity index (χ4v) is 2.83. The summed E-state index contributed by atoms with van der Waals surface area (Å²) in [7, 11) is 0. The van der Waals surface area contributed by atoms with Gasteiger partial charge in [-0.3, -0.25) is 4.79 Å². The van der Waals surface area contributed by atoms with Crippen LogP contribution in [0.15, 0.2) is 0 Å². The number of Topliss-reactive ketones (excluding diaryl/α,β-unsaturated/α-hetero) is 1. The maximum Gasteiger partial charge on any atom is 0.136 e. The topological polar surface area (TPSA) is 43.1 Å². The molecule has 0 saturated heterocycles. The highest BCUT2D eigenvalue weighted by Crippen LogP contribution is 2.40. The van der Waals surface area contributed by atoms with Gasteiger partial charge in [0.15, 0.2) is 0 Å². The van der Waals surface area contributed by atoms with Crippen LogP contribution in [0, 0.1) is 5.92 Å². The van der Waals surface area contributed by atoms with E-state index < -0.39 is 0 Å². The van der Waals surface area contributed by atoms with Gasteiger partial charge in [0.05, 0.1) is 0 Å². The fraction of sp³-hybridized carbons (Fsp3) is 0.909. The normalized spacial score (nSPS) is 29.5. The van der Waals surface area contributed by atoms with Gasteiger partial charge in [-0.05, 0) is 18.8 Å². The molecular weight excluding hydrogens is 162 g/mol. The molecule has 0 radical (unpaired) electrons. The van der Waals surface area contributed by atoms with Crippen LogP contribution >= 0.6 is 0 Å². The van der Waals surface area contributed by atoms with Gasteiger partial charge in [-0.2, -0.15) is 0 Å². The summed E-state index contributed by atoms with van der Waals surface area (Å²) in [6.45, 7) is 0. The van der Waals surface area contributed by atoms with Gasteiger partial charge in [0.1, 0.15) is 5.78 Å². The first-order valence-corrected chi connectivity index (χ1v) is 5.51. The molecule has 2 N–H and O–H groups in total. The van der Waals surface area contributed by atoms with E-state index in [4.69, 9.17) is 5.73 Å². The molecule has 0 bridgehead atoms. The summed E-state index contributed by atoms with van der Waals surface area (Å²) in [5, 5.41) is 0. The van der Waals surface area contributed by atoms with Crippen molar-refractivity contribution in [3.63, 3.8) is 0 Å². The Morgan fingerprint density at radius 2 is 1.62 bits per heavy atom. The van der Waals surface area contributed by atoms with Crippen molar-refractivity contribution in [2.45, 2.75) is 56.9 Å². The van der Waals surface area contributed by atoms with Crippen LogP contribution in [0.25, 0.3) is 0 Å². The van der Waals surface area contributed by atoms with Crippen LogP contribution in [0.4, 0.5) is 0 Å². The van der Waals surface area contributed by atoms with Crippen molar-refractivity contribution in [1.82, 2.24) is 0 Å². The van der Waals surface area contributed by atoms with E-state index in [0.29, 0.717) is 24.5 Å². The number of nitrogens with two attached hydrogens (primary N) is 1. The molecule has 0 spiro atoms. The summed E-state index contributed by atoms with van der Waals surface area (Å²) >= 11 is 0. The molecule has 2 aliphatic rings. The minimum absolute atomic E-state index is 0.0958. The molecule has 0 aromatic carbocycles. The highest BCUT2D eigenvalue weighted by molar-refractivity contribution is 5.87. The van der Waals surface area contributed by atoms with Gasteiger partial charge < -0.3 is 5.73 Å². The Balaban J connectivity index is 1.94. The molecule has 0 aromatic rings. The summed E-state index contributed by atoms with van der Waals surface area (Å²) in [6, 6.07) is 0. The summed E-state index contributed by atoms with van der Waals surface area (Å²) in [4.78, 5) is 11.0. The molecule has 0 amide bonds. The van der Waals surface area contributed by atoms with E-state index in [1.165, 1.54) is 38.5 Å². The van der Waals surface area contributed by atoms with Crippen molar-refractivity contribution in [3.8, 4) is 0 Å². The highest BCUT2D eigenvalue weighted by Gasteiger charge is 2.45. The second-order valence-electron chi connectivity index (χ2n) is 4.81. The number of carbonyl (C=O) groups excluding carboxylic acids is 1. The summed E-state index contributed by atoms with van der Waals surface area (Å²) in [6.07, 6.45) is 9.17. The van der Waals surface area contributed by atoms with Crippen LogP contribution in [0.5, 0.6) is 0 Å². The van der Waals surface area contributed by atoms with Gasteiger partial charge in [0, 0.05) is 18.4 Å². The Morgan fingerprint density at radius 3 is 2.08 bits per heavy atom. The van der Waals surface area contributed by atoms with Crippen LogP contribution in [-0.2, 0) is 4.79 Å². The van der Waals surface area contributed by atoms with Crippen molar-refractivity contribution in [2.24, 2.45) is 11.7 Å². The number of ketones is 1. The van der Waals surface area contributed by atoms with E-state index in [0.717, 1.165) is 0 Å². The fourth-order valence-electron chi connectivity index (χ4n) is 2.83. The van der Waals surface area contributed by atoms with Gasteiger partial charge in [0.2, 0.25) is 0 Å². The van der Waals surface area contributed by atoms with Gasteiger partial charge in [-0.25, -0.2) is 0 Å². The number of hydrogen-bond acceptors (Lipinski definition) is 2. The lowest BCUT2D eigenvalue weighted by molar-refractivity contribution is -0.130. The zero-order valence-electron chi connectivity index (χ0n) is 8.22. The predicted molar refractivity (Wildman–Crippen MR) is 52.4 cm³/mol. The lowest BCUT2D eigenvalue weighted by atomic mass is 9.66. The molecular formula is C11H19NO. The first kappa shape index (κ1) is 9.20. The first-order chi connectivity index (χ1) is 6.21. The van der Waals surface area contributed by atoms with Gasteiger partial charge in [0.25, 0.3) is 0 Å². The Kier molecular flexibility index (Phi) is 2.41. The smallest absolute Gasteiger partial charge is 0.136 e. The van der Waals surface area contributed by atoms with E-state index in [-0.39, 0.29) is 5.54 Å². The lowest BCUT2D eigenvalue weighted by Gasteiger charge is -2.43. The van der Waals surface area contributed by atoms with Crippen molar-refractivity contribution in [1.29, 1.82) is 0 Å². The molecule has 0 aliphatic heterocycles. The van der Waals surface area contributed by atoms with Gasteiger partial charge >= 0.3 is 0 Å². The molecule has 13 heavy (non-hydrogen) atoms. The maximum atomic E-state index is 11.0. The van der Waals surface area contributed by atoms with Gasteiger partial charge in [-0.15, -0.1) is 0 Å². The number of rotatable bonds is 1. The Bertz CT molecular complexity index is 196. The first-order valence-electron chi connectivity index (χ1n) is 5.51. The average Bonchev–Trinajstić information content (AvgIpc) is 2.28. The van der Waals surface area contributed by atoms with E-state index in [2.05, 4.69) is 0 Å². The molecule has 2 heteroatoms. The van der Waals surface area contributed by atoms with E-state index in [1.807, 2.05) is 0 Å². The minimum atomic E-state index is -0.0958. The van der Waals surface area contributed by atoms with E-state index in [9.17, 15) is 4.79 Å². The van der Waals surface area contributed by atoms with Crippen molar-refractivity contribution < 1.29 is 4.79 Å². The number of hydrogen-bond donors (Lipinski definition) is 1. The Labute approximate surface area is 79.9 Å². The molecule has 2 nitrogen and oxygen atoms in total. The zero-order chi connectivity index (χ0) is 9.31. The summed E-state index contributed by atoms with van der Waals surface area (Å²) < 4.78 is 0. The summed E-state index contributed by atoms with van der Waals surface area (Å²) in [5.41, 5.74) is 6.12. The van der Waals surface area contributed by atoms with Crippen LogP contribution in [0.3, 0.4) is 0 Å². The molecule has 2 aliphatic carbocycles. The van der Waals surface area contributed by atoms with E-state index >= 15 is 0 Å². The molecule has 2 saturated carbocycles. The number of carbonyl (C=O) groups is 1. The maximum absolute atomic E-state index is 11.0. The summed E-state index contributed by atoms with van der Waals surface area (Å²) in [5.74, 6) is 0.999. The second-order valence-corrected chi connectivity index (χ2v) is 4.81. The minimum Gasteiger partial charge on any atom is -0.324 e. The van der Waals surface area contributed by atoms with E-state index in [1.54, 1.807) is 0 Å². The molecule has 0 atom stereocenters. The molecule has 2 rings (SSSR count). The molecule has 0 aromatic heterocycles. The largest absolute Gasteiger partial charge is 0.324 e. The molecule has 0 unspecified atom stereocenters. The molecule has 0 heterocycles. The van der Waals surface area contributed by atoms with Crippen molar-refractivity contribution in [2.75, 3.05) is 0 Å². The van der Waals surface area contributed by atoms with Crippen LogP contribution < -0.4 is 5.73 Å². The van der Waals surface area contributed by atoms with Crippen molar-refractivity contribution in [3.05, 3.63) is 0 Å². The Morgan fingerprint density at radius 1 is 1.08 bits per heavy atom. The van der Waals surface area contributed by atoms with Crippen LogP contribution in [-0.4, -0.2) is 11.3 Å². The van der Waals surface area contributed by atoms with Crippen molar-refractivity contribution >= 4 is 5.78 Å². The third kappa shape index (κ3) is 1.78. The third-order valence-electron chi connectivity index (χ3n) is 3.72. The standard InChI is InChI=1S/C11H19NO/c12-11(7-10(13)8-11)9-5-3-1-2-4-6-9/h9H,1-8,12H2. The zero-order valence-corrected chi connectivity index (χ0v) is 8.22. The third-order valence-corrected chi connectivity index (χ3v) is 3.72.